The summed E-state index contributed by atoms with van der Waals surface area (Å²) in [4.78, 5) is 13.7. The van der Waals surface area contributed by atoms with E-state index < -0.39 is 11.7 Å². The molecule has 2 N–H and O–H groups in total. The van der Waals surface area contributed by atoms with Crippen molar-refractivity contribution in [2.75, 3.05) is 14.1 Å². The Balaban J connectivity index is 2.54. The first kappa shape index (κ1) is 17.0. The van der Waals surface area contributed by atoms with E-state index in [2.05, 4.69) is 0 Å². The Labute approximate surface area is 132 Å². The van der Waals surface area contributed by atoms with Crippen LogP contribution in [-0.4, -0.2) is 24.9 Å². The lowest BCUT2D eigenvalue weighted by Crippen LogP contribution is -2.22. The summed E-state index contributed by atoms with van der Waals surface area (Å²) < 4.78 is 38.0. The number of hydrogen-bond acceptors (Lipinski definition) is 2. The minimum Gasteiger partial charge on any atom is -0.345 e. The SMILES string of the molecule is CN(C)C(=O)c1ccc(CN)cc1-c1ccc(C(F)(F)F)cc1. The lowest BCUT2D eigenvalue weighted by atomic mass is 9.95. The number of carbonyl (C=O) groups is 1. The van der Waals surface area contributed by atoms with Crippen molar-refractivity contribution in [3.63, 3.8) is 0 Å². The quantitative estimate of drug-likeness (QED) is 0.939. The molecule has 0 spiro atoms. The first-order valence-corrected chi connectivity index (χ1v) is 6.96. The Morgan fingerprint density at radius 3 is 2.17 bits per heavy atom. The van der Waals surface area contributed by atoms with Gasteiger partial charge in [-0.1, -0.05) is 18.2 Å². The maximum atomic E-state index is 12.7. The van der Waals surface area contributed by atoms with Gasteiger partial charge in [-0.05, 0) is 41.0 Å². The second-order valence-corrected chi connectivity index (χ2v) is 5.36. The van der Waals surface area contributed by atoms with Gasteiger partial charge in [0.05, 0.1) is 5.56 Å². The van der Waals surface area contributed by atoms with E-state index in [0.717, 1.165) is 17.7 Å². The van der Waals surface area contributed by atoms with Crippen LogP contribution in [0.15, 0.2) is 42.5 Å². The Kier molecular flexibility index (Phi) is 4.75. The summed E-state index contributed by atoms with van der Waals surface area (Å²) in [6.45, 7) is 0.282. The highest BCUT2D eigenvalue weighted by molar-refractivity contribution is 6.00. The number of rotatable bonds is 3. The predicted octanol–water partition coefficient (Wildman–Crippen LogP) is 3.53. The van der Waals surface area contributed by atoms with Crippen LogP contribution in [0, 0.1) is 0 Å². The van der Waals surface area contributed by atoms with E-state index in [1.54, 1.807) is 32.3 Å². The number of nitrogens with zero attached hydrogens (tertiary/aromatic N) is 1. The molecule has 0 aromatic heterocycles. The van der Waals surface area contributed by atoms with Gasteiger partial charge in [0, 0.05) is 26.2 Å². The summed E-state index contributed by atoms with van der Waals surface area (Å²) in [7, 11) is 3.24. The van der Waals surface area contributed by atoms with Gasteiger partial charge in [-0.15, -0.1) is 0 Å². The van der Waals surface area contributed by atoms with Crippen LogP contribution in [0.5, 0.6) is 0 Å². The number of halogens is 3. The van der Waals surface area contributed by atoms with Gasteiger partial charge < -0.3 is 10.6 Å². The van der Waals surface area contributed by atoms with Crippen molar-refractivity contribution >= 4 is 5.91 Å². The zero-order valence-electron chi connectivity index (χ0n) is 12.8. The fourth-order valence-electron chi connectivity index (χ4n) is 2.22. The summed E-state index contributed by atoms with van der Waals surface area (Å²) >= 11 is 0. The smallest absolute Gasteiger partial charge is 0.345 e. The molecule has 0 saturated heterocycles. The standard InChI is InChI=1S/C17H17F3N2O/c1-22(2)16(23)14-8-3-11(10-21)9-15(14)12-4-6-13(7-5-12)17(18,19)20/h3-9H,10,21H2,1-2H3. The molecule has 6 heteroatoms. The van der Waals surface area contributed by atoms with Gasteiger partial charge in [-0.2, -0.15) is 13.2 Å². The molecule has 0 heterocycles. The van der Waals surface area contributed by atoms with Crippen LogP contribution in [-0.2, 0) is 12.7 Å². The number of hydrogen-bond donors (Lipinski definition) is 1. The van der Waals surface area contributed by atoms with Gasteiger partial charge in [0.2, 0.25) is 0 Å². The van der Waals surface area contributed by atoms with Gasteiger partial charge in [-0.3, -0.25) is 4.79 Å². The van der Waals surface area contributed by atoms with Crippen LogP contribution in [0.3, 0.4) is 0 Å². The molecule has 0 aliphatic rings. The van der Waals surface area contributed by atoms with Gasteiger partial charge >= 0.3 is 6.18 Å². The third-order valence-electron chi connectivity index (χ3n) is 3.48. The summed E-state index contributed by atoms with van der Waals surface area (Å²) in [5.74, 6) is -0.219. The van der Waals surface area contributed by atoms with E-state index in [1.807, 2.05) is 0 Å². The van der Waals surface area contributed by atoms with Crippen molar-refractivity contribution < 1.29 is 18.0 Å². The van der Waals surface area contributed by atoms with Crippen molar-refractivity contribution in [2.24, 2.45) is 5.73 Å². The molecular weight excluding hydrogens is 305 g/mol. The molecule has 0 fully saturated rings. The maximum absolute atomic E-state index is 12.7. The van der Waals surface area contributed by atoms with Crippen molar-refractivity contribution in [3.8, 4) is 11.1 Å². The molecule has 0 bridgehead atoms. The lowest BCUT2D eigenvalue weighted by molar-refractivity contribution is -0.137. The molecule has 3 nitrogen and oxygen atoms in total. The van der Waals surface area contributed by atoms with Crippen LogP contribution in [0.2, 0.25) is 0 Å². The highest BCUT2D eigenvalue weighted by Gasteiger charge is 2.30. The number of nitrogens with two attached hydrogens (primary N) is 1. The first-order valence-electron chi connectivity index (χ1n) is 6.96. The molecule has 2 rings (SSSR count). The monoisotopic (exact) mass is 322 g/mol. The average molecular weight is 322 g/mol. The fraction of sp³-hybridized carbons (Fsp3) is 0.235. The third kappa shape index (κ3) is 3.71. The molecule has 0 saturated carbocycles. The second-order valence-electron chi connectivity index (χ2n) is 5.36. The summed E-state index contributed by atoms with van der Waals surface area (Å²) in [6.07, 6.45) is -4.39. The van der Waals surface area contributed by atoms with E-state index in [0.29, 0.717) is 16.7 Å². The van der Waals surface area contributed by atoms with Crippen molar-refractivity contribution in [3.05, 3.63) is 59.2 Å². The lowest BCUT2D eigenvalue weighted by Gasteiger charge is -2.16. The van der Waals surface area contributed by atoms with Crippen LogP contribution >= 0.6 is 0 Å². The van der Waals surface area contributed by atoms with E-state index in [9.17, 15) is 18.0 Å². The Morgan fingerprint density at radius 2 is 1.70 bits per heavy atom. The van der Waals surface area contributed by atoms with Crippen molar-refractivity contribution in [1.82, 2.24) is 4.90 Å². The average Bonchev–Trinajstić information content (AvgIpc) is 2.52. The summed E-state index contributed by atoms with van der Waals surface area (Å²) in [6, 6.07) is 9.87. The summed E-state index contributed by atoms with van der Waals surface area (Å²) in [5, 5.41) is 0. The highest BCUT2D eigenvalue weighted by atomic mass is 19.4. The molecule has 2 aromatic rings. The largest absolute Gasteiger partial charge is 0.416 e. The molecule has 23 heavy (non-hydrogen) atoms. The molecule has 0 aliphatic carbocycles. The Morgan fingerprint density at radius 1 is 1.09 bits per heavy atom. The topological polar surface area (TPSA) is 46.3 Å². The zero-order valence-corrected chi connectivity index (χ0v) is 12.8. The first-order chi connectivity index (χ1) is 10.7. The van der Waals surface area contributed by atoms with Gasteiger partial charge in [0.15, 0.2) is 0 Å². The highest BCUT2D eigenvalue weighted by Crippen LogP contribution is 2.32. The third-order valence-corrected chi connectivity index (χ3v) is 3.48. The fourth-order valence-corrected chi connectivity index (χ4v) is 2.22. The van der Waals surface area contributed by atoms with E-state index >= 15 is 0 Å². The molecule has 1 amide bonds. The van der Waals surface area contributed by atoms with Crippen molar-refractivity contribution in [2.45, 2.75) is 12.7 Å². The minimum absolute atomic E-state index is 0.219. The van der Waals surface area contributed by atoms with Crippen LogP contribution < -0.4 is 5.73 Å². The molecule has 0 atom stereocenters. The Bertz CT molecular complexity index is 707. The molecule has 2 aromatic carbocycles. The van der Waals surface area contributed by atoms with E-state index in [4.69, 9.17) is 5.73 Å². The minimum atomic E-state index is -4.39. The molecular formula is C17H17F3N2O. The van der Waals surface area contributed by atoms with Gasteiger partial charge in [0.1, 0.15) is 0 Å². The van der Waals surface area contributed by atoms with Gasteiger partial charge in [-0.25, -0.2) is 0 Å². The van der Waals surface area contributed by atoms with Crippen LogP contribution in [0.1, 0.15) is 21.5 Å². The number of benzene rings is 2. The normalized spacial score (nSPS) is 11.4. The van der Waals surface area contributed by atoms with E-state index in [-0.39, 0.29) is 12.5 Å². The maximum Gasteiger partial charge on any atom is 0.416 e. The molecule has 0 aliphatic heterocycles. The van der Waals surface area contributed by atoms with E-state index in [1.165, 1.54) is 17.0 Å². The molecule has 122 valence electrons. The summed E-state index contributed by atoms with van der Waals surface area (Å²) in [5.41, 5.74) is 7.23. The number of alkyl halides is 3. The number of amides is 1. The molecule has 0 radical (unpaired) electrons. The zero-order chi connectivity index (χ0) is 17.2. The predicted molar refractivity (Wildman–Crippen MR) is 82.8 cm³/mol. The van der Waals surface area contributed by atoms with Crippen LogP contribution in [0.4, 0.5) is 13.2 Å². The number of carbonyl (C=O) groups excluding carboxylic acids is 1. The second kappa shape index (κ2) is 6.42. The molecule has 0 unspecified atom stereocenters. The van der Waals surface area contributed by atoms with Crippen LogP contribution in [0.25, 0.3) is 11.1 Å². The Hall–Kier alpha value is -2.34. The van der Waals surface area contributed by atoms with Gasteiger partial charge in [0.25, 0.3) is 5.91 Å². The van der Waals surface area contributed by atoms with Crippen molar-refractivity contribution in [1.29, 1.82) is 0 Å².